The van der Waals surface area contributed by atoms with E-state index in [1.54, 1.807) is 20.8 Å². The minimum absolute atomic E-state index is 0.106. The van der Waals surface area contributed by atoms with Crippen molar-refractivity contribution >= 4 is 22.6 Å². The van der Waals surface area contributed by atoms with Crippen molar-refractivity contribution in [2.24, 2.45) is 16.5 Å². The SMILES string of the molecule is CCC(F)(F)C[C@@H](C(=O)Nc1ccnc(S(N)=O)c1)C(C)(C)C. The van der Waals surface area contributed by atoms with Crippen LogP contribution in [-0.2, 0) is 15.8 Å². The molecular weight excluding hydrogens is 324 g/mol. The number of halogens is 2. The van der Waals surface area contributed by atoms with Gasteiger partial charge in [-0.25, -0.2) is 23.1 Å². The second-order valence-electron chi connectivity index (χ2n) is 6.50. The van der Waals surface area contributed by atoms with Crippen LogP contribution in [0.4, 0.5) is 14.5 Å². The molecule has 8 heteroatoms. The van der Waals surface area contributed by atoms with Crippen molar-refractivity contribution in [1.82, 2.24) is 4.98 Å². The highest BCUT2D eigenvalue weighted by molar-refractivity contribution is 7.82. The van der Waals surface area contributed by atoms with E-state index in [1.807, 2.05) is 0 Å². The van der Waals surface area contributed by atoms with E-state index >= 15 is 0 Å². The molecule has 0 aliphatic rings. The lowest BCUT2D eigenvalue weighted by Crippen LogP contribution is -2.37. The largest absolute Gasteiger partial charge is 0.326 e. The number of anilines is 1. The third-order valence-corrected chi connectivity index (χ3v) is 4.23. The van der Waals surface area contributed by atoms with Gasteiger partial charge in [0.25, 0.3) is 0 Å². The summed E-state index contributed by atoms with van der Waals surface area (Å²) in [6.45, 7) is 6.63. The van der Waals surface area contributed by atoms with Crippen molar-refractivity contribution in [3.05, 3.63) is 18.3 Å². The number of hydrogen-bond donors (Lipinski definition) is 2. The van der Waals surface area contributed by atoms with Gasteiger partial charge >= 0.3 is 0 Å². The van der Waals surface area contributed by atoms with Gasteiger partial charge in [-0.05, 0) is 17.5 Å². The molecule has 0 aromatic carbocycles. The molecule has 0 radical (unpaired) electrons. The molecule has 1 aromatic heterocycles. The van der Waals surface area contributed by atoms with Gasteiger partial charge < -0.3 is 5.32 Å². The van der Waals surface area contributed by atoms with Crippen LogP contribution in [0.25, 0.3) is 0 Å². The van der Waals surface area contributed by atoms with Gasteiger partial charge in [-0.1, -0.05) is 27.7 Å². The lowest BCUT2D eigenvalue weighted by molar-refractivity contribution is -0.128. The van der Waals surface area contributed by atoms with Crippen LogP contribution in [0.1, 0.15) is 40.5 Å². The molecule has 0 bridgehead atoms. The van der Waals surface area contributed by atoms with E-state index in [2.05, 4.69) is 10.3 Å². The van der Waals surface area contributed by atoms with Crippen LogP contribution >= 0.6 is 0 Å². The van der Waals surface area contributed by atoms with Crippen molar-refractivity contribution in [1.29, 1.82) is 0 Å². The summed E-state index contributed by atoms with van der Waals surface area (Å²) in [6, 6.07) is 2.86. The molecule has 1 heterocycles. The Labute approximate surface area is 137 Å². The summed E-state index contributed by atoms with van der Waals surface area (Å²) in [5, 5.41) is 7.94. The van der Waals surface area contributed by atoms with Crippen molar-refractivity contribution in [3.63, 3.8) is 0 Å². The van der Waals surface area contributed by atoms with Crippen LogP contribution in [-0.4, -0.2) is 21.0 Å². The average molecular weight is 347 g/mol. The molecule has 0 saturated heterocycles. The monoisotopic (exact) mass is 347 g/mol. The molecule has 0 aliphatic carbocycles. The number of pyridine rings is 1. The first-order chi connectivity index (χ1) is 10.5. The molecule has 1 unspecified atom stereocenters. The molecule has 3 N–H and O–H groups in total. The Morgan fingerprint density at radius 3 is 2.52 bits per heavy atom. The average Bonchev–Trinajstić information content (AvgIpc) is 2.44. The zero-order valence-corrected chi connectivity index (χ0v) is 14.5. The Hall–Kier alpha value is -1.41. The van der Waals surface area contributed by atoms with E-state index in [0.717, 1.165) is 0 Å². The maximum atomic E-state index is 13.8. The zero-order valence-electron chi connectivity index (χ0n) is 13.7. The topological polar surface area (TPSA) is 85.1 Å². The third kappa shape index (κ3) is 5.95. The van der Waals surface area contributed by atoms with Crippen molar-refractivity contribution in [2.45, 2.75) is 51.5 Å². The van der Waals surface area contributed by atoms with Crippen molar-refractivity contribution < 1.29 is 17.8 Å². The molecule has 5 nitrogen and oxygen atoms in total. The summed E-state index contributed by atoms with van der Waals surface area (Å²) in [4.78, 5) is 16.3. The number of nitrogens with two attached hydrogens (primary N) is 1. The smallest absolute Gasteiger partial charge is 0.248 e. The Morgan fingerprint density at radius 1 is 1.43 bits per heavy atom. The molecule has 1 amide bonds. The van der Waals surface area contributed by atoms with E-state index in [4.69, 9.17) is 5.14 Å². The van der Waals surface area contributed by atoms with E-state index in [9.17, 15) is 17.8 Å². The molecule has 130 valence electrons. The summed E-state index contributed by atoms with van der Waals surface area (Å²) in [5.41, 5.74) is -0.303. The number of hydrogen-bond acceptors (Lipinski definition) is 3. The number of amides is 1. The van der Waals surface area contributed by atoms with Gasteiger partial charge in [0, 0.05) is 30.6 Å². The van der Waals surface area contributed by atoms with Crippen LogP contribution < -0.4 is 10.5 Å². The normalized spacial score (nSPS) is 15.1. The standard InChI is InChI=1S/C15H23F2N3O2S/c1-5-15(16,17)9-11(14(2,3)4)13(21)20-10-6-7-19-12(8-10)23(18)22/h6-8,11H,5,9,18H2,1-4H3,(H,19,20,21)/t11-,23?/m0/s1. The van der Waals surface area contributed by atoms with Crippen LogP contribution in [0, 0.1) is 11.3 Å². The summed E-state index contributed by atoms with van der Waals surface area (Å²) in [5.74, 6) is -4.29. The van der Waals surface area contributed by atoms with Crippen LogP contribution in [0.3, 0.4) is 0 Å². The van der Waals surface area contributed by atoms with Gasteiger partial charge in [0.15, 0.2) is 0 Å². The highest BCUT2D eigenvalue weighted by atomic mass is 32.2. The Morgan fingerprint density at radius 2 is 2.04 bits per heavy atom. The molecule has 23 heavy (non-hydrogen) atoms. The molecular formula is C15H23F2N3O2S. The second kappa shape index (κ2) is 7.44. The maximum Gasteiger partial charge on any atom is 0.248 e. The lowest BCUT2D eigenvalue weighted by atomic mass is 9.76. The predicted octanol–water partition coefficient (Wildman–Crippen LogP) is 3.10. The maximum absolute atomic E-state index is 13.8. The zero-order chi connectivity index (χ0) is 17.8. The quantitative estimate of drug-likeness (QED) is 0.829. The molecule has 1 aromatic rings. The number of carbonyl (C=O) groups is 1. The molecule has 0 spiro atoms. The summed E-state index contributed by atoms with van der Waals surface area (Å²) in [7, 11) is -1.78. The number of rotatable bonds is 6. The van der Waals surface area contributed by atoms with Gasteiger partial charge in [0.2, 0.25) is 11.8 Å². The Kier molecular flexibility index (Phi) is 6.35. The molecule has 0 aliphatic heterocycles. The fraction of sp³-hybridized carbons (Fsp3) is 0.600. The fourth-order valence-electron chi connectivity index (χ4n) is 2.06. The molecule has 0 saturated carbocycles. The summed E-state index contributed by atoms with van der Waals surface area (Å²) < 4.78 is 38.7. The van der Waals surface area contributed by atoms with E-state index in [0.29, 0.717) is 5.69 Å². The number of nitrogens with zero attached hydrogens (tertiary/aromatic N) is 1. The Balaban J connectivity index is 2.98. The first-order valence-corrected chi connectivity index (χ1v) is 8.48. The number of carbonyl (C=O) groups excluding carboxylic acids is 1. The molecule has 1 rings (SSSR count). The van der Waals surface area contributed by atoms with Crippen LogP contribution in [0.15, 0.2) is 23.4 Å². The summed E-state index contributed by atoms with van der Waals surface area (Å²) in [6.07, 6.45) is 0.500. The van der Waals surface area contributed by atoms with E-state index in [-0.39, 0.29) is 11.4 Å². The molecule has 2 atom stereocenters. The predicted molar refractivity (Wildman–Crippen MR) is 86.3 cm³/mol. The van der Waals surface area contributed by atoms with Gasteiger partial charge in [-0.15, -0.1) is 0 Å². The van der Waals surface area contributed by atoms with Crippen LogP contribution in [0.2, 0.25) is 0 Å². The van der Waals surface area contributed by atoms with Crippen molar-refractivity contribution in [2.75, 3.05) is 5.32 Å². The molecule has 0 fully saturated rings. The number of aromatic nitrogens is 1. The fourth-order valence-corrected chi connectivity index (χ4v) is 2.47. The van der Waals surface area contributed by atoms with Crippen LogP contribution in [0.5, 0.6) is 0 Å². The lowest BCUT2D eigenvalue weighted by Gasteiger charge is -2.32. The highest BCUT2D eigenvalue weighted by Gasteiger charge is 2.40. The number of nitrogens with one attached hydrogen (secondary N) is 1. The minimum atomic E-state index is -2.91. The number of alkyl halides is 2. The van der Waals surface area contributed by atoms with E-state index in [1.165, 1.54) is 25.3 Å². The first kappa shape index (κ1) is 19.6. The Bertz CT molecular complexity index is 588. The first-order valence-electron chi connectivity index (χ1n) is 7.27. The highest BCUT2D eigenvalue weighted by Crippen LogP contribution is 2.37. The van der Waals surface area contributed by atoms with Gasteiger partial charge in [0.1, 0.15) is 16.0 Å². The second-order valence-corrected chi connectivity index (χ2v) is 7.51. The van der Waals surface area contributed by atoms with Gasteiger partial charge in [-0.2, -0.15) is 0 Å². The third-order valence-electron chi connectivity index (χ3n) is 3.59. The minimum Gasteiger partial charge on any atom is -0.326 e. The van der Waals surface area contributed by atoms with Crippen molar-refractivity contribution in [3.8, 4) is 0 Å². The van der Waals surface area contributed by atoms with Gasteiger partial charge in [0.05, 0.1) is 0 Å². The van der Waals surface area contributed by atoms with Gasteiger partial charge in [-0.3, -0.25) is 4.79 Å². The van der Waals surface area contributed by atoms with E-state index < -0.39 is 40.6 Å². The summed E-state index contributed by atoms with van der Waals surface area (Å²) >= 11 is 0.